The SMILES string of the molecule is CC(C)Oc1cc2c(OC3CCCN(C(=O)OC(C)(C)C)C3)ncc(Br)c2cc1C(N)=O. The number of hydrogen-bond acceptors (Lipinski definition) is 6. The molecule has 1 atom stereocenters. The monoisotopic (exact) mass is 507 g/mol. The van der Waals surface area contributed by atoms with Gasteiger partial charge in [-0.2, -0.15) is 0 Å². The standard InChI is InChI=1S/C23H30BrN3O5/c1-13(2)30-19-10-16-15(9-17(19)20(25)28)18(24)11-26-21(16)31-14-7-6-8-27(12-14)22(29)32-23(3,4)5/h9-11,13-14H,6-8,12H2,1-5H3,(H2,25,28). The van der Waals surface area contributed by atoms with Crippen molar-refractivity contribution in [2.45, 2.75) is 65.3 Å². The molecule has 0 saturated carbocycles. The van der Waals surface area contributed by atoms with E-state index in [1.54, 1.807) is 23.2 Å². The molecule has 1 aromatic heterocycles. The second kappa shape index (κ2) is 9.52. The molecule has 1 aliphatic heterocycles. The number of carbonyl (C=O) groups excluding carboxylic acids is 2. The van der Waals surface area contributed by atoms with Crippen LogP contribution in [0.25, 0.3) is 10.8 Å². The van der Waals surface area contributed by atoms with Crippen molar-refractivity contribution < 1.29 is 23.8 Å². The van der Waals surface area contributed by atoms with Crippen LogP contribution in [0, 0.1) is 0 Å². The molecule has 32 heavy (non-hydrogen) atoms. The van der Waals surface area contributed by atoms with Crippen LogP contribution in [0.3, 0.4) is 0 Å². The van der Waals surface area contributed by atoms with Crippen LogP contribution in [0.5, 0.6) is 11.6 Å². The number of likely N-dealkylation sites (tertiary alicyclic amines) is 1. The van der Waals surface area contributed by atoms with E-state index < -0.39 is 11.5 Å². The Balaban J connectivity index is 1.90. The van der Waals surface area contributed by atoms with Crippen molar-refractivity contribution >= 4 is 38.7 Å². The highest BCUT2D eigenvalue weighted by Crippen LogP contribution is 2.36. The molecule has 0 bridgehead atoms. The van der Waals surface area contributed by atoms with Gasteiger partial charge in [0, 0.05) is 28.0 Å². The largest absolute Gasteiger partial charge is 0.490 e. The Morgan fingerprint density at radius 3 is 2.59 bits per heavy atom. The van der Waals surface area contributed by atoms with Gasteiger partial charge in [-0.1, -0.05) is 0 Å². The van der Waals surface area contributed by atoms with Gasteiger partial charge in [-0.3, -0.25) is 4.79 Å². The van der Waals surface area contributed by atoms with Gasteiger partial charge in [-0.25, -0.2) is 9.78 Å². The van der Waals surface area contributed by atoms with Crippen molar-refractivity contribution in [2.24, 2.45) is 5.73 Å². The van der Waals surface area contributed by atoms with Gasteiger partial charge in [-0.15, -0.1) is 0 Å². The highest BCUT2D eigenvalue weighted by molar-refractivity contribution is 9.10. The minimum atomic E-state index is -0.575. The van der Waals surface area contributed by atoms with Crippen LogP contribution >= 0.6 is 15.9 Å². The van der Waals surface area contributed by atoms with E-state index in [2.05, 4.69) is 20.9 Å². The first-order valence-corrected chi connectivity index (χ1v) is 11.5. The minimum absolute atomic E-state index is 0.143. The van der Waals surface area contributed by atoms with E-state index in [4.69, 9.17) is 19.9 Å². The van der Waals surface area contributed by atoms with Gasteiger partial charge in [0.05, 0.1) is 18.2 Å². The van der Waals surface area contributed by atoms with E-state index in [0.717, 1.165) is 18.2 Å². The first kappa shape index (κ1) is 24.1. The van der Waals surface area contributed by atoms with E-state index in [0.29, 0.717) is 34.6 Å². The summed E-state index contributed by atoms with van der Waals surface area (Å²) in [6.45, 7) is 10.3. The molecule has 2 amide bonds. The summed E-state index contributed by atoms with van der Waals surface area (Å²) in [7, 11) is 0. The smallest absolute Gasteiger partial charge is 0.410 e. The Kier molecular flexibility index (Phi) is 7.17. The molecule has 0 radical (unpaired) electrons. The Morgan fingerprint density at radius 1 is 1.25 bits per heavy atom. The van der Waals surface area contributed by atoms with E-state index in [-0.39, 0.29) is 23.9 Å². The maximum atomic E-state index is 12.5. The number of hydrogen-bond donors (Lipinski definition) is 1. The zero-order valence-electron chi connectivity index (χ0n) is 19.1. The quantitative estimate of drug-likeness (QED) is 0.630. The Hall–Kier alpha value is -2.55. The van der Waals surface area contributed by atoms with Crippen LogP contribution in [-0.4, -0.2) is 52.8 Å². The lowest BCUT2D eigenvalue weighted by Crippen LogP contribution is -2.46. The molecule has 1 saturated heterocycles. The van der Waals surface area contributed by atoms with Crippen molar-refractivity contribution in [3.63, 3.8) is 0 Å². The molecule has 2 aromatic rings. The van der Waals surface area contributed by atoms with E-state index in [1.165, 1.54) is 0 Å². The second-order valence-corrected chi connectivity index (χ2v) is 10.00. The molecule has 1 aliphatic rings. The first-order chi connectivity index (χ1) is 14.9. The molecular weight excluding hydrogens is 478 g/mol. The molecular formula is C23H30BrN3O5. The zero-order valence-corrected chi connectivity index (χ0v) is 20.7. The van der Waals surface area contributed by atoms with E-state index >= 15 is 0 Å². The summed E-state index contributed by atoms with van der Waals surface area (Å²) in [5, 5.41) is 1.43. The first-order valence-electron chi connectivity index (χ1n) is 10.7. The number of benzene rings is 1. The number of rotatable bonds is 5. The average molecular weight is 508 g/mol. The van der Waals surface area contributed by atoms with E-state index in [1.807, 2.05) is 34.6 Å². The number of fused-ring (bicyclic) bond motifs is 1. The number of piperidine rings is 1. The molecule has 3 rings (SSSR count). The molecule has 0 aliphatic carbocycles. The summed E-state index contributed by atoms with van der Waals surface area (Å²) in [5.74, 6) is 0.210. The summed E-state index contributed by atoms with van der Waals surface area (Å²) in [4.78, 5) is 30.6. The summed E-state index contributed by atoms with van der Waals surface area (Å²) >= 11 is 3.49. The second-order valence-electron chi connectivity index (χ2n) is 9.14. The number of primary amides is 1. The van der Waals surface area contributed by atoms with Crippen molar-refractivity contribution in [1.29, 1.82) is 0 Å². The predicted octanol–water partition coefficient (Wildman–Crippen LogP) is 4.66. The molecule has 8 nitrogen and oxygen atoms in total. The number of nitrogens with zero attached hydrogens (tertiary/aromatic N) is 2. The van der Waals surface area contributed by atoms with Crippen molar-refractivity contribution in [3.05, 3.63) is 28.4 Å². The molecule has 2 heterocycles. The molecule has 1 unspecified atom stereocenters. The van der Waals surface area contributed by atoms with Crippen LogP contribution in [0.4, 0.5) is 4.79 Å². The molecule has 2 N–H and O–H groups in total. The fourth-order valence-electron chi connectivity index (χ4n) is 3.53. The maximum Gasteiger partial charge on any atom is 0.410 e. The Bertz CT molecular complexity index is 1020. The summed E-state index contributed by atoms with van der Waals surface area (Å²) in [6.07, 6.45) is 2.48. The molecule has 0 spiro atoms. The number of pyridine rings is 1. The van der Waals surface area contributed by atoms with E-state index in [9.17, 15) is 9.59 Å². The summed E-state index contributed by atoms with van der Waals surface area (Å²) in [6, 6.07) is 3.42. The van der Waals surface area contributed by atoms with Gasteiger partial charge in [-0.05, 0) is 75.5 Å². The van der Waals surface area contributed by atoms with Gasteiger partial charge in [0.1, 0.15) is 17.5 Å². The lowest BCUT2D eigenvalue weighted by Gasteiger charge is -2.34. The lowest BCUT2D eigenvalue weighted by atomic mass is 10.1. The number of aromatic nitrogens is 1. The molecule has 1 aromatic carbocycles. The Labute approximate surface area is 196 Å². The zero-order chi connectivity index (χ0) is 23.6. The molecule has 1 fully saturated rings. The molecule has 174 valence electrons. The van der Waals surface area contributed by atoms with Gasteiger partial charge in [0.25, 0.3) is 5.91 Å². The van der Waals surface area contributed by atoms with Gasteiger partial charge in [0.2, 0.25) is 5.88 Å². The van der Waals surface area contributed by atoms with Crippen LogP contribution in [-0.2, 0) is 4.74 Å². The van der Waals surface area contributed by atoms with Gasteiger partial charge >= 0.3 is 6.09 Å². The molecule has 9 heteroatoms. The number of halogens is 1. The highest BCUT2D eigenvalue weighted by atomic mass is 79.9. The predicted molar refractivity (Wildman–Crippen MR) is 125 cm³/mol. The fourth-order valence-corrected chi connectivity index (χ4v) is 3.96. The van der Waals surface area contributed by atoms with Crippen LogP contribution in [0.1, 0.15) is 57.8 Å². The summed E-state index contributed by atoms with van der Waals surface area (Å²) < 4.78 is 18.3. The van der Waals surface area contributed by atoms with Crippen molar-refractivity contribution in [1.82, 2.24) is 9.88 Å². The minimum Gasteiger partial charge on any atom is -0.490 e. The number of carbonyl (C=O) groups is 2. The van der Waals surface area contributed by atoms with Crippen LogP contribution < -0.4 is 15.2 Å². The third-order valence-electron chi connectivity index (χ3n) is 4.84. The number of amides is 2. The lowest BCUT2D eigenvalue weighted by molar-refractivity contribution is 0.00742. The van der Waals surface area contributed by atoms with Gasteiger partial charge < -0.3 is 24.8 Å². The van der Waals surface area contributed by atoms with Crippen LogP contribution in [0.15, 0.2) is 22.8 Å². The van der Waals surface area contributed by atoms with Gasteiger partial charge in [0.15, 0.2) is 0 Å². The number of ether oxygens (including phenoxy) is 3. The summed E-state index contributed by atoms with van der Waals surface area (Å²) in [5.41, 5.74) is 5.31. The average Bonchev–Trinajstić information content (AvgIpc) is 2.68. The van der Waals surface area contributed by atoms with Crippen molar-refractivity contribution in [3.8, 4) is 11.6 Å². The normalized spacial score (nSPS) is 16.8. The Morgan fingerprint density at radius 2 is 1.97 bits per heavy atom. The highest BCUT2D eigenvalue weighted by Gasteiger charge is 2.29. The van der Waals surface area contributed by atoms with Crippen LogP contribution in [0.2, 0.25) is 0 Å². The maximum absolute atomic E-state index is 12.5. The topological polar surface area (TPSA) is 104 Å². The number of nitrogens with two attached hydrogens (primary N) is 1. The van der Waals surface area contributed by atoms with Crippen molar-refractivity contribution in [2.75, 3.05) is 13.1 Å². The third-order valence-corrected chi connectivity index (χ3v) is 5.47. The third kappa shape index (κ3) is 5.82. The fraction of sp³-hybridized carbons (Fsp3) is 0.522.